The summed E-state index contributed by atoms with van der Waals surface area (Å²) in [5.41, 5.74) is 2.46. The van der Waals surface area contributed by atoms with Crippen LogP contribution < -0.4 is 4.72 Å². The van der Waals surface area contributed by atoms with Gasteiger partial charge in [-0.05, 0) is 55.9 Å². The SMILES string of the molecule is CS(=O)(=O)N[C@@H](CCN1CCC(c2ccccc2)CC1)c1ccccc1. The second-order valence-electron chi connectivity index (χ2n) is 7.17. The Morgan fingerprint density at radius 3 is 2.15 bits per heavy atom. The summed E-state index contributed by atoms with van der Waals surface area (Å²) in [5, 5.41) is 0. The average molecular weight is 373 g/mol. The normalized spacial score (nSPS) is 17.9. The van der Waals surface area contributed by atoms with E-state index in [2.05, 4.69) is 40.0 Å². The molecule has 1 aliphatic rings. The highest BCUT2D eigenvalue weighted by molar-refractivity contribution is 7.88. The van der Waals surface area contributed by atoms with Crippen molar-refractivity contribution in [3.63, 3.8) is 0 Å². The molecule has 0 amide bonds. The molecule has 1 aliphatic heterocycles. The van der Waals surface area contributed by atoms with Crippen molar-refractivity contribution in [1.29, 1.82) is 0 Å². The van der Waals surface area contributed by atoms with Gasteiger partial charge < -0.3 is 4.90 Å². The highest BCUT2D eigenvalue weighted by Gasteiger charge is 2.22. The number of benzene rings is 2. The molecule has 1 heterocycles. The van der Waals surface area contributed by atoms with Gasteiger partial charge in [0.25, 0.3) is 0 Å². The summed E-state index contributed by atoms with van der Waals surface area (Å²) in [4.78, 5) is 2.46. The molecule has 1 saturated heterocycles. The largest absolute Gasteiger partial charge is 0.303 e. The molecule has 2 aromatic carbocycles. The smallest absolute Gasteiger partial charge is 0.209 e. The zero-order chi connectivity index (χ0) is 18.4. The third kappa shape index (κ3) is 5.66. The standard InChI is InChI=1S/C21H28N2O2S/c1-26(24,25)22-21(20-10-6-3-7-11-20)14-17-23-15-12-19(13-16-23)18-8-4-2-5-9-18/h2-11,19,21-22H,12-17H2,1H3/t21-/m0/s1. The van der Waals surface area contributed by atoms with E-state index in [0.29, 0.717) is 5.92 Å². The molecule has 0 unspecified atom stereocenters. The molecule has 0 bridgehead atoms. The van der Waals surface area contributed by atoms with Crippen LogP contribution >= 0.6 is 0 Å². The molecule has 0 radical (unpaired) electrons. The van der Waals surface area contributed by atoms with Gasteiger partial charge in [-0.25, -0.2) is 13.1 Å². The minimum Gasteiger partial charge on any atom is -0.303 e. The van der Waals surface area contributed by atoms with Crippen molar-refractivity contribution in [2.45, 2.75) is 31.2 Å². The third-order valence-electron chi connectivity index (χ3n) is 5.15. The van der Waals surface area contributed by atoms with Crippen molar-refractivity contribution >= 4 is 10.0 Å². The van der Waals surface area contributed by atoms with Gasteiger partial charge >= 0.3 is 0 Å². The maximum Gasteiger partial charge on any atom is 0.209 e. The Bertz CT molecular complexity index is 770. The van der Waals surface area contributed by atoms with Crippen LogP contribution in [0, 0.1) is 0 Å². The van der Waals surface area contributed by atoms with Crippen LogP contribution in [-0.4, -0.2) is 39.2 Å². The summed E-state index contributed by atoms with van der Waals surface area (Å²) >= 11 is 0. The van der Waals surface area contributed by atoms with E-state index in [1.54, 1.807) is 0 Å². The number of nitrogens with zero attached hydrogens (tertiary/aromatic N) is 1. The molecule has 140 valence electrons. The van der Waals surface area contributed by atoms with Crippen molar-refractivity contribution in [1.82, 2.24) is 9.62 Å². The summed E-state index contributed by atoms with van der Waals surface area (Å²) < 4.78 is 26.3. The molecule has 3 rings (SSSR count). The fourth-order valence-corrected chi connectivity index (χ4v) is 4.53. The zero-order valence-corrected chi connectivity index (χ0v) is 16.2. The van der Waals surface area contributed by atoms with Crippen LogP contribution in [0.2, 0.25) is 0 Å². The van der Waals surface area contributed by atoms with Gasteiger partial charge in [-0.3, -0.25) is 0 Å². The first-order valence-electron chi connectivity index (χ1n) is 9.31. The molecule has 0 spiro atoms. The van der Waals surface area contributed by atoms with E-state index in [1.165, 1.54) is 24.7 Å². The molecule has 0 aliphatic carbocycles. The first-order valence-corrected chi connectivity index (χ1v) is 11.2. The molecular weight excluding hydrogens is 344 g/mol. The van der Waals surface area contributed by atoms with Gasteiger partial charge in [-0.15, -0.1) is 0 Å². The Hall–Kier alpha value is -1.69. The first kappa shape index (κ1) is 19.1. The summed E-state index contributed by atoms with van der Waals surface area (Å²) in [6.07, 6.45) is 4.35. The highest BCUT2D eigenvalue weighted by atomic mass is 32.2. The van der Waals surface area contributed by atoms with Crippen LogP contribution in [0.1, 0.15) is 42.3 Å². The molecule has 5 heteroatoms. The van der Waals surface area contributed by atoms with E-state index in [9.17, 15) is 8.42 Å². The van der Waals surface area contributed by atoms with Gasteiger partial charge in [0, 0.05) is 6.04 Å². The van der Waals surface area contributed by atoms with E-state index < -0.39 is 10.0 Å². The molecule has 0 aromatic heterocycles. The number of nitrogens with one attached hydrogen (secondary N) is 1. The molecule has 26 heavy (non-hydrogen) atoms. The monoisotopic (exact) mass is 372 g/mol. The summed E-state index contributed by atoms with van der Waals surface area (Å²) in [7, 11) is -3.24. The highest BCUT2D eigenvalue weighted by Crippen LogP contribution is 2.28. The average Bonchev–Trinajstić information content (AvgIpc) is 2.66. The summed E-state index contributed by atoms with van der Waals surface area (Å²) in [6, 6.07) is 20.4. The van der Waals surface area contributed by atoms with Crippen LogP contribution in [0.4, 0.5) is 0 Å². The van der Waals surface area contributed by atoms with Gasteiger partial charge in [0.1, 0.15) is 0 Å². The predicted octanol–water partition coefficient (Wildman–Crippen LogP) is 3.55. The van der Waals surface area contributed by atoms with E-state index in [1.807, 2.05) is 30.3 Å². The molecular formula is C21H28N2O2S. The van der Waals surface area contributed by atoms with Crippen LogP contribution in [0.25, 0.3) is 0 Å². The number of sulfonamides is 1. The van der Waals surface area contributed by atoms with E-state index in [-0.39, 0.29) is 6.04 Å². The second-order valence-corrected chi connectivity index (χ2v) is 8.95. The molecule has 2 aromatic rings. The van der Waals surface area contributed by atoms with Crippen LogP contribution in [-0.2, 0) is 10.0 Å². The minimum atomic E-state index is -3.24. The topological polar surface area (TPSA) is 49.4 Å². The number of hydrogen-bond donors (Lipinski definition) is 1. The summed E-state index contributed by atoms with van der Waals surface area (Å²) in [5.74, 6) is 0.645. The first-order chi connectivity index (χ1) is 12.5. The fraction of sp³-hybridized carbons (Fsp3) is 0.429. The van der Waals surface area contributed by atoms with Gasteiger partial charge in [-0.2, -0.15) is 0 Å². The predicted molar refractivity (Wildman–Crippen MR) is 107 cm³/mol. The Labute approximate surface area is 157 Å². The third-order valence-corrected chi connectivity index (χ3v) is 5.86. The Balaban J connectivity index is 1.55. The van der Waals surface area contributed by atoms with E-state index in [0.717, 1.165) is 31.6 Å². The van der Waals surface area contributed by atoms with Crippen LogP contribution in [0.15, 0.2) is 60.7 Å². The fourth-order valence-electron chi connectivity index (χ4n) is 3.76. The van der Waals surface area contributed by atoms with Crippen molar-refractivity contribution in [2.24, 2.45) is 0 Å². The number of hydrogen-bond acceptors (Lipinski definition) is 3. The Morgan fingerprint density at radius 2 is 1.58 bits per heavy atom. The van der Waals surface area contributed by atoms with Crippen molar-refractivity contribution in [3.05, 3.63) is 71.8 Å². The lowest BCUT2D eigenvalue weighted by atomic mass is 9.89. The quantitative estimate of drug-likeness (QED) is 0.809. The van der Waals surface area contributed by atoms with Crippen LogP contribution in [0.3, 0.4) is 0 Å². The lowest BCUT2D eigenvalue weighted by molar-refractivity contribution is 0.204. The maximum atomic E-state index is 11.7. The Kier molecular flexibility index (Phi) is 6.46. The van der Waals surface area contributed by atoms with Gasteiger partial charge in [0.05, 0.1) is 6.26 Å². The molecule has 1 atom stereocenters. The minimum absolute atomic E-state index is 0.168. The van der Waals surface area contributed by atoms with Crippen molar-refractivity contribution < 1.29 is 8.42 Å². The van der Waals surface area contributed by atoms with Crippen molar-refractivity contribution in [3.8, 4) is 0 Å². The lowest BCUT2D eigenvalue weighted by Crippen LogP contribution is -2.36. The van der Waals surface area contributed by atoms with Crippen LogP contribution in [0.5, 0.6) is 0 Å². The maximum absolute atomic E-state index is 11.7. The van der Waals surface area contributed by atoms with Crippen molar-refractivity contribution in [2.75, 3.05) is 25.9 Å². The number of likely N-dealkylation sites (tertiary alicyclic amines) is 1. The van der Waals surface area contributed by atoms with Gasteiger partial charge in [0.2, 0.25) is 10.0 Å². The summed E-state index contributed by atoms with van der Waals surface area (Å²) in [6.45, 7) is 3.05. The molecule has 4 nitrogen and oxygen atoms in total. The second kappa shape index (κ2) is 8.80. The number of rotatable bonds is 7. The van der Waals surface area contributed by atoms with E-state index in [4.69, 9.17) is 0 Å². The zero-order valence-electron chi connectivity index (χ0n) is 15.3. The Morgan fingerprint density at radius 1 is 1.00 bits per heavy atom. The molecule has 1 fully saturated rings. The van der Waals surface area contributed by atoms with Gasteiger partial charge in [-0.1, -0.05) is 60.7 Å². The van der Waals surface area contributed by atoms with E-state index >= 15 is 0 Å². The lowest BCUT2D eigenvalue weighted by Gasteiger charge is -2.33. The molecule has 0 saturated carbocycles. The molecule has 1 N–H and O–H groups in total. The van der Waals surface area contributed by atoms with Gasteiger partial charge in [0.15, 0.2) is 0 Å². The number of piperidine rings is 1.